The van der Waals surface area contributed by atoms with Crippen LogP contribution in [0.4, 0.5) is 9.18 Å². The third kappa shape index (κ3) is 7.31. The number of ether oxygens (including phenoxy) is 1. The molecule has 0 aliphatic heterocycles. The van der Waals surface area contributed by atoms with Crippen LogP contribution in [0, 0.1) is 5.82 Å². The lowest BCUT2D eigenvalue weighted by Crippen LogP contribution is -2.45. The van der Waals surface area contributed by atoms with E-state index in [9.17, 15) is 27.2 Å². The highest BCUT2D eigenvalue weighted by atomic mass is 32.2. The Balaban J connectivity index is 2.50. The quantitative estimate of drug-likeness (QED) is 0.614. The Kier molecular flexibility index (Phi) is 8.32. The number of likely N-dealkylation sites (N-methyl/N-ethyl adjacent to an activating group) is 1. The van der Waals surface area contributed by atoms with Crippen molar-refractivity contribution in [2.75, 3.05) is 20.2 Å². The van der Waals surface area contributed by atoms with Crippen molar-refractivity contribution in [1.29, 1.82) is 0 Å². The molecule has 150 valence electrons. The molecule has 3 amide bonds. The maximum atomic E-state index is 12.9. The van der Waals surface area contributed by atoms with Crippen LogP contribution < -0.4 is 10.6 Å². The summed E-state index contributed by atoms with van der Waals surface area (Å²) in [6, 6.07) is 3.24. The highest BCUT2D eigenvalue weighted by molar-refractivity contribution is 7.89. The molecule has 0 saturated heterocycles. The summed E-state index contributed by atoms with van der Waals surface area (Å²) in [4.78, 5) is 34.5. The molecular formula is C16H22FN3O6S. The Morgan fingerprint density at radius 1 is 1.22 bits per heavy atom. The van der Waals surface area contributed by atoms with Gasteiger partial charge in [0.15, 0.2) is 6.61 Å². The van der Waals surface area contributed by atoms with Gasteiger partial charge < -0.3 is 10.1 Å². The van der Waals surface area contributed by atoms with Crippen molar-refractivity contribution in [1.82, 2.24) is 14.9 Å². The number of imide groups is 1. The minimum Gasteiger partial charge on any atom is -0.455 e. The van der Waals surface area contributed by atoms with Crippen LogP contribution >= 0.6 is 0 Å². The number of rotatable bonds is 8. The number of carbonyl (C=O) groups is 3. The Hall–Kier alpha value is -2.53. The first kappa shape index (κ1) is 22.5. The molecule has 1 aromatic rings. The van der Waals surface area contributed by atoms with Crippen molar-refractivity contribution in [3.05, 3.63) is 30.1 Å². The maximum absolute atomic E-state index is 12.9. The lowest BCUT2D eigenvalue weighted by Gasteiger charge is -2.16. The molecule has 0 saturated carbocycles. The summed E-state index contributed by atoms with van der Waals surface area (Å²) in [6.07, 6.45) is 0.672. The average molecular weight is 403 g/mol. The normalized spacial score (nSPS) is 12.3. The fourth-order valence-electron chi connectivity index (χ4n) is 1.77. The minimum absolute atomic E-state index is 0.134. The number of nitrogens with zero attached hydrogens (tertiary/aromatic N) is 1. The molecular weight excluding hydrogens is 381 g/mol. The second kappa shape index (κ2) is 9.97. The van der Waals surface area contributed by atoms with Gasteiger partial charge in [-0.05, 0) is 37.6 Å². The first-order valence-electron chi connectivity index (χ1n) is 8.04. The van der Waals surface area contributed by atoms with Gasteiger partial charge in [-0.15, -0.1) is 0 Å². The predicted molar refractivity (Wildman–Crippen MR) is 93.6 cm³/mol. The molecule has 0 aliphatic carbocycles. The van der Waals surface area contributed by atoms with Crippen molar-refractivity contribution >= 4 is 27.9 Å². The van der Waals surface area contributed by atoms with Gasteiger partial charge in [-0.25, -0.2) is 17.6 Å². The van der Waals surface area contributed by atoms with Crippen LogP contribution in [-0.2, 0) is 24.3 Å². The third-order valence-electron chi connectivity index (χ3n) is 3.48. The predicted octanol–water partition coefficient (Wildman–Crippen LogP) is 0.614. The molecule has 0 aromatic heterocycles. The van der Waals surface area contributed by atoms with E-state index in [-0.39, 0.29) is 10.9 Å². The maximum Gasteiger partial charge on any atom is 0.321 e. The zero-order valence-electron chi connectivity index (χ0n) is 15.2. The zero-order valence-corrected chi connectivity index (χ0v) is 16.0. The third-order valence-corrected chi connectivity index (χ3v) is 5.30. The summed E-state index contributed by atoms with van der Waals surface area (Å²) < 4.78 is 42.8. The molecule has 0 fully saturated rings. The number of sulfonamides is 1. The second-order valence-electron chi connectivity index (χ2n) is 5.71. The highest BCUT2D eigenvalue weighted by Gasteiger charge is 2.24. The molecule has 1 atom stereocenters. The van der Waals surface area contributed by atoms with Gasteiger partial charge in [0, 0.05) is 13.1 Å². The Morgan fingerprint density at radius 3 is 2.37 bits per heavy atom. The Bertz CT molecular complexity index is 782. The number of hydrogen-bond donors (Lipinski definition) is 2. The molecule has 0 spiro atoms. The van der Waals surface area contributed by atoms with Crippen LogP contribution in [0.25, 0.3) is 0 Å². The standard InChI is InChI=1S/C16H22FN3O6S/c1-4-11(2)18-16(23)19-14(21)10-26-15(22)9-20(3)27(24,25)13-7-5-12(17)6-8-13/h5-8,11H,4,9-10H2,1-3H3,(H2,18,19,21,23)/t11-/m0/s1. The number of carbonyl (C=O) groups excluding carboxylic acids is 3. The topological polar surface area (TPSA) is 122 Å². The average Bonchev–Trinajstić information content (AvgIpc) is 2.60. The smallest absolute Gasteiger partial charge is 0.321 e. The molecule has 1 rings (SSSR count). The largest absolute Gasteiger partial charge is 0.455 e. The van der Waals surface area contributed by atoms with E-state index in [0.717, 1.165) is 31.3 Å². The van der Waals surface area contributed by atoms with Gasteiger partial charge >= 0.3 is 12.0 Å². The van der Waals surface area contributed by atoms with Crippen molar-refractivity contribution in [2.45, 2.75) is 31.2 Å². The van der Waals surface area contributed by atoms with Crippen LogP contribution in [0.5, 0.6) is 0 Å². The molecule has 0 unspecified atom stereocenters. The van der Waals surface area contributed by atoms with Gasteiger partial charge in [-0.1, -0.05) is 6.92 Å². The van der Waals surface area contributed by atoms with Gasteiger partial charge in [0.25, 0.3) is 5.91 Å². The van der Waals surface area contributed by atoms with E-state index in [0.29, 0.717) is 10.7 Å². The summed E-state index contributed by atoms with van der Waals surface area (Å²) in [5, 5.41) is 4.48. The van der Waals surface area contributed by atoms with Crippen molar-refractivity contribution in [3.8, 4) is 0 Å². The number of urea groups is 1. The number of halogens is 1. The fourth-order valence-corrected chi connectivity index (χ4v) is 2.88. The highest BCUT2D eigenvalue weighted by Crippen LogP contribution is 2.14. The number of benzene rings is 1. The minimum atomic E-state index is -4.02. The van der Waals surface area contributed by atoms with Crippen molar-refractivity contribution < 1.29 is 31.9 Å². The van der Waals surface area contributed by atoms with Crippen LogP contribution in [0.3, 0.4) is 0 Å². The summed E-state index contributed by atoms with van der Waals surface area (Å²) >= 11 is 0. The van der Waals surface area contributed by atoms with Gasteiger partial charge in [0.05, 0.1) is 4.90 Å². The lowest BCUT2D eigenvalue weighted by molar-refractivity contribution is -0.148. The van der Waals surface area contributed by atoms with Gasteiger partial charge in [-0.2, -0.15) is 4.31 Å². The number of hydrogen-bond acceptors (Lipinski definition) is 6. The molecule has 0 bridgehead atoms. The molecule has 9 nitrogen and oxygen atoms in total. The Labute approximate surface area is 156 Å². The van der Waals surface area contributed by atoms with Gasteiger partial charge in [-0.3, -0.25) is 14.9 Å². The van der Waals surface area contributed by atoms with E-state index >= 15 is 0 Å². The summed E-state index contributed by atoms with van der Waals surface area (Å²) in [5.74, 6) is -2.44. The Morgan fingerprint density at radius 2 is 1.81 bits per heavy atom. The summed E-state index contributed by atoms with van der Waals surface area (Å²) in [5.41, 5.74) is 0. The second-order valence-corrected chi connectivity index (χ2v) is 7.75. The summed E-state index contributed by atoms with van der Waals surface area (Å²) in [7, 11) is -2.89. The van der Waals surface area contributed by atoms with E-state index in [1.54, 1.807) is 6.92 Å². The van der Waals surface area contributed by atoms with E-state index in [2.05, 4.69) is 10.1 Å². The van der Waals surface area contributed by atoms with Gasteiger partial charge in [0.2, 0.25) is 10.0 Å². The van der Waals surface area contributed by atoms with Crippen LogP contribution in [0.1, 0.15) is 20.3 Å². The molecule has 11 heteroatoms. The number of nitrogens with one attached hydrogen (secondary N) is 2. The number of amides is 3. The van der Waals surface area contributed by atoms with Gasteiger partial charge in [0.1, 0.15) is 12.4 Å². The van der Waals surface area contributed by atoms with Crippen LogP contribution in [-0.4, -0.2) is 56.9 Å². The SMILES string of the molecule is CC[C@H](C)NC(=O)NC(=O)COC(=O)CN(C)S(=O)(=O)c1ccc(F)cc1. The molecule has 0 aliphatic rings. The van der Waals surface area contributed by atoms with Crippen molar-refractivity contribution in [3.63, 3.8) is 0 Å². The number of esters is 1. The summed E-state index contributed by atoms with van der Waals surface area (Å²) in [6.45, 7) is 2.20. The van der Waals surface area contributed by atoms with Crippen LogP contribution in [0.15, 0.2) is 29.2 Å². The first-order valence-corrected chi connectivity index (χ1v) is 9.48. The fraction of sp³-hybridized carbons (Fsp3) is 0.438. The molecule has 2 N–H and O–H groups in total. The van der Waals surface area contributed by atoms with E-state index < -0.39 is 46.9 Å². The van der Waals surface area contributed by atoms with Crippen LogP contribution in [0.2, 0.25) is 0 Å². The van der Waals surface area contributed by atoms with E-state index in [1.807, 2.05) is 12.2 Å². The molecule has 0 heterocycles. The van der Waals surface area contributed by atoms with E-state index in [4.69, 9.17) is 0 Å². The molecule has 0 radical (unpaired) electrons. The monoisotopic (exact) mass is 403 g/mol. The van der Waals surface area contributed by atoms with Crippen molar-refractivity contribution in [2.24, 2.45) is 0 Å². The lowest BCUT2D eigenvalue weighted by atomic mass is 10.3. The van der Waals surface area contributed by atoms with E-state index in [1.165, 1.54) is 0 Å². The zero-order chi connectivity index (χ0) is 20.6. The molecule has 1 aromatic carbocycles. The molecule has 27 heavy (non-hydrogen) atoms. The first-order chi connectivity index (χ1) is 12.6.